The van der Waals surface area contributed by atoms with Gasteiger partial charge in [0.05, 0.1) is 11.6 Å². The molecule has 2 atom stereocenters. The third-order valence-corrected chi connectivity index (χ3v) is 5.61. The normalized spacial score (nSPS) is 31.9. The third kappa shape index (κ3) is 1.57. The van der Waals surface area contributed by atoms with Crippen LogP contribution in [0.25, 0.3) is 5.57 Å². The van der Waals surface area contributed by atoms with Crippen LogP contribution >= 0.6 is 0 Å². The monoisotopic (exact) mass is 315 g/mol. The highest BCUT2D eigenvalue weighted by Gasteiger charge is 2.55. The number of allylic oxidation sites excluding steroid dienone is 1. The Morgan fingerprint density at radius 3 is 2.87 bits per heavy atom. The highest BCUT2D eigenvalue weighted by Crippen LogP contribution is 2.54. The first-order valence-electron chi connectivity index (χ1n) is 7.94. The molecular weight excluding hydrogens is 298 g/mol. The molecule has 0 bridgehead atoms. The average molecular weight is 315 g/mol. The fraction of sp³-hybridized carbons (Fsp3) is 0.471. The summed E-state index contributed by atoms with van der Waals surface area (Å²) in [6.45, 7) is 1.42. The predicted octanol–water partition coefficient (Wildman–Crippen LogP) is 1.54. The minimum atomic E-state index is -0.685. The van der Waals surface area contributed by atoms with E-state index < -0.39 is 11.6 Å². The second-order valence-electron chi connectivity index (χ2n) is 6.71. The van der Waals surface area contributed by atoms with E-state index in [1.54, 1.807) is 12.1 Å². The summed E-state index contributed by atoms with van der Waals surface area (Å²) in [6.07, 6.45) is 1.37. The molecule has 1 fully saturated rings. The number of aliphatic hydroxyl groups excluding tert-OH is 2. The maximum Gasteiger partial charge on any atom is 0.231 e. The molecule has 3 aliphatic heterocycles. The highest BCUT2D eigenvalue weighted by atomic mass is 16.7. The highest BCUT2D eigenvalue weighted by molar-refractivity contribution is 6.09. The third-order valence-electron chi connectivity index (χ3n) is 5.61. The van der Waals surface area contributed by atoms with Crippen molar-refractivity contribution in [3.8, 4) is 11.5 Å². The Bertz CT molecular complexity index is 770. The molecule has 6 heteroatoms. The number of benzene rings is 1. The molecule has 23 heavy (non-hydrogen) atoms. The minimum absolute atomic E-state index is 0.148. The lowest BCUT2D eigenvalue weighted by molar-refractivity contribution is -0.118. The van der Waals surface area contributed by atoms with Crippen LogP contribution in [-0.4, -0.2) is 46.3 Å². The molecule has 120 valence electrons. The second kappa shape index (κ2) is 4.27. The topological polar surface area (TPSA) is 79.2 Å². The molecule has 6 nitrogen and oxygen atoms in total. The SMILES string of the molecule is O=C1C[C@]23CCCN2C[C@H](O)c2cc4c(cc2C3=C1O)OCO4. The van der Waals surface area contributed by atoms with Gasteiger partial charge in [-0.25, -0.2) is 0 Å². The minimum Gasteiger partial charge on any atom is -0.504 e. The van der Waals surface area contributed by atoms with Gasteiger partial charge in [-0.3, -0.25) is 9.69 Å². The van der Waals surface area contributed by atoms with Gasteiger partial charge in [0, 0.05) is 18.5 Å². The van der Waals surface area contributed by atoms with Crippen molar-refractivity contribution in [2.75, 3.05) is 19.9 Å². The molecule has 0 unspecified atom stereocenters. The Morgan fingerprint density at radius 1 is 1.26 bits per heavy atom. The van der Waals surface area contributed by atoms with Crippen molar-refractivity contribution < 1.29 is 24.5 Å². The Hall–Kier alpha value is -2.05. The van der Waals surface area contributed by atoms with Crippen LogP contribution in [0.2, 0.25) is 0 Å². The van der Waals surface area contributed by atoms with Gasteiger partial charge in [-0.05, 0) is 42.6 Å². The molecule has 0 saturated carbocycles. The van der Waals surface area contributed by atoms with Gasteiger partial charge in [0.25, 0.3) is 0 Å². The molecule has 0 amide bonds. The molecule has 0 radical (unpaired) electrons. The molecule has 1 spiro atoms. The molecule has 4 aliphatic rings. The van der Waals surface area contributed by atoms with Crippen LogP contribution in [0, 0.1) is 0 Å². The molecule has 3 heterocycles. The Kier molecular flexibility index (Phi) is 2.49. The van der Waals surface area contributed by atoms with Gasteiger partial charge in [-0.15, -0.1) is 0 Å². The van der Waals surface area contributed by atoms with Crippen LogP contribution < -0.4 is 9.47 Å². The first-order valence-corrected chi connectivity index (χ1v) is 7.94. The number of hydrogen-bond donors (Lipinski definition) is 2. The predicted molar refractivity (Wildman–Crippen MR) is 80.2 cm³/mol. The van der Waals surface area contributed by atoms with E-state index in [2.05, 4.69) is 4.90 Å². The van der Waals surface area contributed by atoms with Crippen LogP contribution in [-0.2, 0) is 4.79 Å². The molecule has 0 aromatic heterocycles. The van der Waals surface area contributed by atoms with Crippen LogP contribution in [0.1, 0.15) is 36.5 Å². The first-order chi connectivity index (χ1) is 11.1. The summed E-state index contributed by atoms with van der Waals surface area (Å²) in [7, 11) is 0. The van der Waals surface area contributed by atoms with Crippen molar-refractivity contribution in [2.24, 2.45) is 0 Å². The lowest BCUT2D eigenvalue weighted by Gasteiger charge is -2.35. The van der Waals surface area contributed by atoms with E-state index in [-0.39, 0.29) is 24.8 Å². The summed E-state index contributed by atoms with van der Waals surface area (Å²) in [4.78, 5) is 14.4. The van der Waals surface area contributed by atoms with E-state index in [0.717, 1.165) is 24.9 Å². The van der Waals surface area contributed by atoms with Gasteiger partial charge in [-0.2, -0.15) is 0 Å². The number of aliphatic hydroxyl groups is 2. The van der Waals surface area contributed by atoms with Gasteiger partial charge in [0.1, 0.15) is 0 Å². The van der Waals surface area contributed by atoms with E-state index in [1.165, 1.54) is 0 Å². The Morgan fingerprint density at radius 2 is 2.04 bits per heavy atom. The summed E-state index contributed by atoms with van der Waals surface area (Å²) < 4.78 is 10.9. The zero-order chi connectivity index (χ0) is 15.8. The molecule has 1 aromatic carbocycles. The molecule has 1 saturated heterocycles. The van der Waals surface area contributed by atoms with E-state index >= 15 is 0 Å². The number of hydrogen-bond acceptors (Lipinski definition) is 6. The number of ketones is 1. The summed E-state index contributed by atoms with van der Waals surface area (Å²) in [5.74, 6) is 0.818. The lowest BCUT2D eigenvalue weighted by atomic mass is 9.83. The summed E-state index contributed by atoms with van der Waals surface area (Å²) >= 11 is 0. The molecule has 1 aliphatic carbocycles. The number of carbonyl (C=O) groups is 1. The standard InChI is InChI=1S/C17H17NO5/c19-11-6-17-2-1-3-18(17)7-12(20)9-4-13-14(23-8-22-13)5-10(9)15(17)16(11)21/h4-5,12,20-21H,1-3,6-8H2/t12-,17-/m0/s1. The number of carbonyl (C=O) groups excluding carboxylic acids is 1. The first kappa shape index (κ1) is 13.4. The number of β-amino-alcohol motifs (C(OH)–C–C–N with tert-alkyl or cyclic N) is 1. The lowest BCUT2D eigenvalue weighted by Crippen LogP contribution is -2.44. The van der Waals surface area contributed by atoms with Gasteiger partial charge in [0.2, 0.25) is 6.79 Å². The summed E-state index contributed by atoms with van der Waals surface area (Å²) in [5.41, 5.74) is 1.58. The van der Waals surface area contributed by atoms with Crippen LogP contribution in [0.3, 0.4) is 0 Å². The van der Waals surface area contributed by atoms with Crippen molar-refractivity contribution in [1.29, 1.82) is 0 Å². The van der Waals surface area contributed by atoms with Crippen LogP contribution in [0.15, 0.2) is 17.9 Å². The maximum atomic E-state index is 12.3. The van der Waals surface area contributed by atoms with Crippen LogP contribution in [0.4, 0.5) is 0 Å². The van der Waals surface area contributed by atoms with Crippen molar-refractivity contribution in [1.82, 2.24) is 4.90 Å². The number of Topliss-reactive ketones (excluding diaryl/α,β-unsaturated/α-hetero) is 1. The second-order valence-corrected chi connectivity index (χ2v) is 6.71. The zero-order valence-corrected chi connectivity index (χ0v) is 12.5. The van der Waals surface area contributed by atoms with Crippen molar-refractivity contribution in [2.45, 2.75) is 30.9 Å². The molecular formula is C17H17NO5. The van der Waals surface area contributed by atoms with Gasteiger partial charge in [-0.1, -0.05) is 0 Å². The Balaban J connectivity index is 1.81. The fourth-order valence-electron chi connectivity index (χ4n) is 4.62. The number of ether oxygens (including phenoxy) is 2. The largest absolute Gasteiger partial charge is 0.504 e. The molecule has 1 aromatic rings. The van der Waals surface area contributed by atoms with Gasteiger partial charge >= 0.3 is 0 Å². The van der Waals surface area contributed by atoms with E-state index in [9.17, 15) is 15.0 Å². The number of nitrogens with zero attached hydrogens (tertiary/aromatic N) is 1. The number of fused-ring (bicyclic) bond motifs is 3. The molecule has 2 N–H and O–H groups in total. The Labute approximate surface area is 132 Å². The van der Waals surface area contributed by atoms with Crippen molar-refractivity contribution >= 4 is 11.4 Å². The van der Waals surface area contributed by atoms with Gasteiger partial charge < -0.3 is 19.7 Å². The van der Waals surface area contributed by atoms with E-state index in [0.29, 0.717) is 29.2 Å². The van der Waals surface area contributed by atoms with E-state index in [4.69, 9.17) is 9.47 Å². The maximum absolute atomic E-state index is 12.3. The smallest absolute Gasteiger partial charge is 0.231 e. The van der Waals surface area contributed by atoms with Crippen molar-refractivity contribution in [3.63, 3.8) is 0 Å². The average Bonchev–Trinajstić information content (AvgIpc) is 3.17. The fourth-order valence-corrected chi connectivity index (χ4v) is 4.62. The van der Waals surface area contributed by atoms with Crippen molar-refractivity contribution in [3.05, 3.63) is 29.0 Å². The summed E-state index contributed by atoms with van der Waals surface area (Å²) in [6, 6.07) is 3.58. The summed E-state index contributed by atoms with van der Waals surface area (Å²) in [5, 5.41) is 21.2. The quantitative estimate of drug-likeness (QED) is 0.756. The van der Waals surface area contributed by atoms with Crippen LogP contribution in [0.5, 0.6) is 11.5 Å². The molecule has 5 rings (SSSR count). The van der Waals surface area contributed by atoms with E-state index in [1.807, 2.05) is 0 Å². The van der Waals surface area contributed by atoms with Gasteiger partial charge in [0.15, 0.2) is 23.0 Å². The zero-order valence-electron chi connectivity index (χ0n) is 12.5. The number of rotatable bonds is 0.